The number of ether oxygens (including phenoxy) is 2. The molecule has 1 saturated heterocycles. The summed E-state index contributed by atoms with van der Waals surface area (Å²) < 4.78 is 25.0. The van der Waals surface area contributed by atoms with Crippen molar-refractivity contribution in [2.24, 2.45) is 23.7 Å². The van der Waals surface area contributed by atoms with Crippen molar-refractivity contribution in [2.75, 3.05) is 13.2 Å². The third-order valence-electron chi connectivity index (χ3n) is 6.58. The van der Waals surface area contributed by atoms with Crippen LogP contribution in [-0.2, 0) is 9.47 Å². The van der Waals surface area contributed by atoms with Crippen molar-refractivity contribution in [3.05, 3.63) is 24.6 Å². The molecule has 1 heterocycles. The molecule has 3 heteroatoms. The summed E-state index contributed by atoms with van der Waals surface area (Å²) in [5.41, 5.74) is 0. The Hall–Kier alpha value is -0.670. The predicted octanol–water partition coefficient (Wildman–Crippen LogP) is 6.18. The molecule has 1 unspecified atom stereocenters. The first-order valence-electron chi connectivity index (χ1n) is 10.4. The summed E-state index contributed by atoms with van der Waals surface area (Å²) in [5.74, 6) is 3.05. The summed E-state index contributed by atoms with van der Waals surface area (Å²) in [6.07, 6.45) is 16.3. The minimum Gasteiger partial charge on any atom is -0.352 e. The van der Waals surface area contributed by atoms with E-state index in [0.717, 1.165) is 63.1 Å². The second-order valence-corrected chi connectivity index (χ2v) is 8.37. The topological polar surface area (TPSA) is 18.5 Å². The zero-order chi connectivity index (χ0) is 17.5. The van der Waals surface area contributed by atoms with Crippen LogP contribution >= 0.6 is 0 Å². The monoisotopic (exact) mass is 350 g/mol. The zero-order valence-corrected chi connectivity index (χ0v) is 15.6. The Morgan fingerprint density at radius 1 is 0.960 bits per heavy atom. The molecule has 0 bridgehead atoms. The van der Waals surface area contributed by atoms with Crippen LogP contribution in [0.4, 0.5) is 4.39 Å². The van der Waals surface area contributed by atoms with Crippen LogP contribution in [0.25, 0.3) is 0 Å². The van der Waals surface area contributed by atoms with Gasteiger partial charge < -0.3 is 9.47 Å². The van der Waals surface area contributed by atoms with Gasteiger partial charge in [-0.3, -0.25) is 0 Å². The van der Waals surface area contributed by atoms with E-state index in [1.54, 1.807) is 0 Å². The summed E-state index contributed by atoms with van der Waals surface area (Å²) in [6, 6.07) is 0. The SMILES string of the molecule is C=CCCC1COC(CCC2CCC(C3CC=C(F)CC3)CC2)OC1. The average molecular weight is 351 g/mol. The molecule has 2 aliphatic carbocycles. The van der Waals surface area contributed by atoms with E-state index in [9.17, 15) is 4.39 Å². The van der Waals surface area contributed by atoms with Crippen molar-refractivity contribution in [3.63, 3.8) is 0 Å². The lowest BCUT2D eigenvalue weighted by Gasteiger charge is -2.35. The molecule has 0 aromatic heterocycles. The van der Waals surface area contributed by atoms with E-state index in [1.807, 2.05) is 12.2 Å². The van der Waals surface area contributed by atoms with E-state index < -0.39 is 0 Å². The molecule has 0 spiro atoms. The van der Waals surface area contributed by atoms with Gasteiger partial charge in [0.25, 0.3) is 0 Å². The highest BCUT2D eigenvalue weighted by molar-refractivity contribution is 4.99. The normalized spacial score (nSPS) is 36.7. The first kappa shape index (κ1) is 19.1. The van der Waals surface area contributed by atoms with Crippen molar-refractivity contribution in [1.82, 2.24) is 0 Å². The molecule has 3 rings (SSSR count). The number of halogens is 1. The lowest BCUT2D eigenvalue weighted by Crippen LogP contribution is -2.32. The van der Waals surface area contributed by atoms with Crippen LogP contribution < -0.4 is 0 Å². The van der Waals surface area contributed by atoms with E-state index in [1.165, 1.54) is 32.1 Å². The molecule has 0 radical (unpaired) electrons. The van der Waals surface area contributed by atoms with E-state index in [0.29, 0.717) is 12.3 Å². The van der Waals surface area contributed by atoms with Crippen LogP contribution in [0, 0.1) is 23.7 Å². The molecular weight excluding hydrogens is 315 g/mol. The molecule has 0 aromatic rings. The molecule has 1 aliphatic heterocycles. The van der Waals surface area contributed by atoms with Crippen molar-refractivity contribution < 1.29 is 13.9 Å². The molecule has 0 aromatic carbocycles. The maximum Gasteiger partial charge on any atom is 0.157 e. The van der Waals surface area contributed by atoms with Crippen LogP contribution in [0.5, 0.6) is 0 Å². The third-order valence-corrected chi connectivity index (χ3v) is 6.58. The molecule has 0 N–H and O–H groups in total. The van der Waals surface area contributed by atoms with Crippen molar-refractivity contribution >= 4 is 0 Å². The highest BCUT2D eigenvalue weighted by Crippen LogP contribution is 2.41. The molecule has 1 saturated carbocycles. The fourth-order valence-corrected chi connectivity index (χ4v) is 4.84. The molecule has 142 valence electrons. The first-order valence-corrected chi connectivity index (χ1v) is 10.4. The minimum atomic E-state index is 0.0177. The van der Waals surface area contributed by atoms with Gasteiger partial charge in [0.05, 0.1) is 19.0 Å². The van der Waals surface area contributed by atoms with Crippen LogP contribution in [-0.4, -0.2) is 19.5 Å². The van der Waals surface area contributed by atoms with Gasteiger partial charge in [-0.05, 0) is 75.5 Å². The Kier molecular flexibility index (Phi) is 7.54. The van der Waals surface area contributed by atoms with Gasteiger partial charge >= 0.3 is 0 Å². The van der Waals surface area contributed by atoms with Crippen molar-refractivity contribution in [2.45, 2.75) is 76.9 Å². The van der Waals surface area contributed by atoms with E-state index in [2.05, 4.69) is 6.58 Å². The summed E-state index contributed by atoms with van der Waals surface area (Å²) >= 11 is 0. The highest BCUT2D eigenvalue weighted by Gasteiger charge is 2.29. The number of hydrogen-bond acceptors (Lipinski definition) is 2. The van der Waals surface area contributed by atoms with Crippen LogP contribution in [0.2, 0.25) is 0 Å². The molecule has 0 amide bonds. The van der Waals surface area contributed by atoms with Gasteiger partial charge in [-0.1, -0.05) is 25.0 Å². The van der Waals surface area contributed by atoms with E-state index >= 15 is 0 Å². The Labute approximate surface area is 152 Å². The van der Waals surface area contributed by atoms with Crippen LogP contribution in [0.15, 0.2) is 24.6 Å². The lowest BCUT2D eigenvalue weighted by atomic mass is 9.71. The first-order chi connectivity index (χ1) is 12.2. The van der Waals surface area contributed by atoms with E-state index in [4.69, 9.17) is 9.47 Å². The number of rotatable bonds is 7. The average Bonchev–Trinajstić information content (AvgIpc) is 2.67. The highest BCUT2D eigenvalue weighted by atomic mass is 19.1. The molecular formula is C22H35FO2. The van der Waals surface area contributed by atoms with Gasteiger partial charge in [0, 0.05) is 5.92 Å². The number of hydrogen-bond donors (Lipinski definition) is 0. The Morgan fingerprint density at radius 2 is 1.72 bits per heavy atom. The second kappa shape index (κ2) is 9.87. The molecule has 25 heavy (non-hydrogen) atoms. The fourth-order valence-electron chi connectivity index (χ4n) is 4.84. The maximum absolute atomic E-state index is 13.2. The van der Waals surface area contributed by atoms with Gasteiger partial charge in [0.2, 0.25) is 0 Å². The minimum absolute atomic E-state index is 0.0177. The van der Waals surface area contributed by atoms with Gasteiger partial charge in [-0.15, -0.1) is 6.58 Å². The van der Waals surface area contributed by atoms with Crippen LogP contribution in [0.3, 0.4) is 0 Å². The second-order valence-electron chi connectivity index (χ2n) is 8.37. The summed E-state index contributed by atoms with van der Waals surface area (Å²) in [6.45, 7) is 5.47. The third kappa shape index (κ3) is 5.92. The van der Waals surface area contributed by atoms with Crippen LogP contribution in [0.1, 0.15) is 70.6 Å². The largest absolute Gasteiger partial charge is 0.352 e. The number of allylic oxidation sites excluding steroid dienone is 3. The smallest absolute Gasteiger partial charge is 0.157 e. The quantitative estimate of drug-likeness (QED) is 0.510. The summed E-state index contributed by atoms with van der Waals surface area (Å²) in [4.78, 5) is 0. The standard InChI is InChI=1S/C22H35FO2/c1-2-3-4-18-15-24-22(25-16-18)14-7-17-5-8-19(9-6-17)20-10-12-21(23)13-11-20/h2,12,17-20,22H,1,3-11,13-16H2. The fraction of sp³-hybridized carbons (Fsp3) is 0.818. The Bertz CT molecular complexity index is 431. The predicted molar refractivity (Wildman–Crippen MR) is 99.8 cm³/mol. The van der Waals surface area contributed by atoms with Gasteiger partial charge in [-0.2, -0.15) is 0 Å². The van der Waals surface area contributed by atoms with Crippen molar-refractivity contribution in [1.29, 1.82) is 0 Å². The lowest BCUT2D eigenvalue weighted by molar-refractivity contribution is -0.205. The van der Waals surface area contributed by atoms with Gasteiger partial charge in [0.1, 0.15) is 0 Å². The molecule has 1 atom stereocenters. The molecule has 2 nitrogen and oxygen atoms in total. The van der Waals surface area contributed by atoms with Crippen molar-refractivity contribution in [3.8, 4) is 0 Å². The zero-order valence-electron chi connectivity index (χ0n) is 15.6. The van der Waals surface area contributed by atoms with Gasteiger partial charge in [0.15, 0.2) is 6.29 Å². The Balaban J connectivity index is 1.29. The summed E-state index contributed by atoms with van der Waals surface area (Å²) in [7, 11) is 0. The van der Waals surface area contributed by atoms with E-state index in [-0.39, 0.29) is 12.1 Å². The molecule has 2 fully saturated rings. The Morgan fingerprint density at radius 3 is 2.36 bits per heavy atom. The maximum atomic E-state index is 13.2. The van der Waals surface area contributed by atoms with Gasteiger partial charge in [-0.25, -0.2) is 4.39 Å². The molecule has 3 aliphatic rings. The summed E-state index contributed by atoms with van der Waals surface area (Å²) in [5, 5.41) is 0.